The van der Waals surface area contributed by atoms with Crippen molar-refractivity contribution in [2.24, 2.45) is 5.73 Å². The first-order valence-electron chi connectivity index (χ1n) is 10.1. The van der Waals surface area contributed by atoms with Crippen LogP contribution >= 0.6 is 11.6 Å². The minimum atomic E-state index is -1.15. The quantitative estimate of drug-likeness (QED) is 0.512. The van der Waals surface area contributed by atoms with Crippen LogP contribution in [0.25, 0.3) is 0 Å². The zero-order valence-electron chi connectivity index (χ0n) is 18.3. The second-order valence-electron chi connectivity index (χ2n) is 7.32. The number of aromatic carboxylic acids is 1. The van der Waals surface area contributed by atoms with E-state index in [1.54, 1.807) is 0 Å². The molecule has 0 saturated heterocycles. The Balaban J connectivity index is 0.000000261. The lowest BCUT2D eigenvalue weighted by Crippen LogP contribution is -2.37. The molecule has 3 N–H and O–H groups in total. The molecule has 0 radical (unpaired) electrons. The summed E-state index contributed by atoms with van der Waals surface area (Å²) >= 11 is 5.75. The molecule has 0 aliphatic carbocycles. The SMILES string of the molecule is COc1cc(C(N)=O)ccn1.O=C(O)c1ccc2c(c1)C(=O)CC(=O)N2Cc1ccc(F)c(Cl)c1. The number of ketones is 1. The number of carboxylic acids is 1. The summed E-state index contributed by atoms with van der Waals surface area (Å²) in [7, 11) is 1.48. The predicted molar refractivity (Wildman–Crippen MR) is 124 cm³/mol. The first-order valence-corrected chi connectivity index (χ1v) is 10.4. The van der Waals surface area contributed by atoms with Crippen LogP contribution in [0.1, 0.15) is 43.1 Å². The fourth-order valence-corrected chi connectivity index (χ4v) is 3.46. The Morgan fingerprint density at radius 2 is 1.89 bits per heavy atom. The molecular weight excluding hydrogens is 481 g/mol. The van der Waals surface area contributed by atoms with E-state index in [4.69, 9.17) is 27.2 Å². The van der Waals surface area contributed by atoms with Crippen molar-refractivity contribution in [2.75, 3.05) is 12.0 Å². The monoisotopic (exact) mass is 499 g/mol. The van der Waals surface area contributed by atoms with E-state index in [2.05, 4.69) is 4.98 Å². The number of hydrogen-bond donors (Lipinski definition) is 2. The number of benzene rings is 2. The molecule has 0 spiro atoms. The second kappa shape index (κ2) is 10.7. The average molecular weight is 500 g/mol. The number of nitrogens with two attached hydrogens (primary N) is 1. The molecule has 2 amide bonds. The van der Waals surface area contributed by atoms with E-state index in [-0.39, 0.29) is 29.1 Å². The molecule has 1 aliphatic rings. The van der Waals surface area contributed by atoms with Gasteiger partial charge in [0.15, 0.2) is 5.78 Å². The number of amides is 2. The number of methoxy groups -OCH3 is 1. The number of nitrogens with zero attached hydrogens (tertiary/aromatic N) is 2. The number of carbonyl (C=O) groups is 4. The number of aromatic nitrogens is 1. The van der Waals surface area contributed by atoms with Gasteiger partial charge >= 0.3 is 5.97 Å². The van der Waals surface area contributed by atoms with Crippen molar-refractivity contribution in [3.05, 3.63) is 87.8 Å². The van der Waals surface area contributed by atoms with Gasteiger partial charge in [-0.25, -0.2) is 14.2 Å². The summed E-state index contributed by atoms with van der Waals surface area (Å²) in [6.45, 7) is 0.103. The van der Waals surface area contributed by atoms with Gasteiger partial charge in [-0.15, -0.1) is 0 Å². The molecule has 0 fully saturated rings. The molecule has 4 rings (SSSR count). The summed E-state index contributed by atoms with van der Waals surface area (Å²) in [5.74, 6) is -2.64. The lowest BCUT2D eigenvalue weighted by atomic mass is 9.97. The third kappa shape index (κ3) is 5.98. The molecule has 2 heterocycles. The van der Waals surface area contributed by atoms with Crippen LogP contribution in [0.5, 0.6) is 5.88 Å². The first kappa shape index (κ1) is 25.3. The molecule has 9 nitrogen and oxygen atoms in total. The zero-order chi connectivity index (χ0) is 25.7. The maximum atomic E-state index is 13.3. The fraction of sp³-hybridized carbons (Fsp3) is 0.125. The van der Waals surface area contributed by atoms with Crippen LogP contribution < -0.4 is 15.4 Å². The topological polar surface area (TPSA) is 140 Å². The molecule has 0 bridgehead atoms. The number of hydrogen-bond acceptors (Lipinski definition) is 6. The Kier molecular flexibility index (Phi) is 7.77. The van der Waals surface area contributed by atoms with E-state index < -0.39 is 29.4 Å². The minimum absolute atomic E-state index is 0.0266. The lowest BCUT2D eigenvalue weighted by molar-refractivity contribution is -0.118. The Hall–Kier alpha value is -4.31. The molecule has 35 heavy (non-hydrogen) atoms. The number of primary amides is 1. The number of carboxylic acid groups (broad SMARTS) is 1. The van der Waals surface area contributed by atoms with Crippen LogP contribution in [-0.2, 0) is 11.3 Å². The maximum absolute atomic E-state index is 13.3. The number of fused-ring (bicyclic) bond motifs is 1. The van der Waals surface area contributed by atoms with Gasteiger partial charge < -0.3 is 20.5 Å². The second-order valence-corrected chi connectivity index (χ2v) is 7.72. The number of Topliss-reactive ketones (excluding diaryl/α,β-unsaturated/α-hetero) is 1. The van der Waals surface area contributed by atoms with E-state index in [0.29, 0.717) is 22.7 Å². The van der Waals surface area contributed by atoms with Gasteiger partial charge in [0, 0.05) is 23.4 Å². The van der Waals surface area contributed by atoms with Crippen molar-refractivity contribution >= 4 is 40.9 Å². The minimum Gasteiger partial charge on any atom is -0.481 e. The molecule has 180 valence electrons. The predicted octanol–water partition coefficient (Wildman–Crippen LogP) is 3.49. The molecule has 11 heteroatoms. The van der Waals surface area contributed by atoms with Crippen LogP contribution in [0.15, 0.2) is 54.7 Å². The van der Waals surface area contributed by atoms with Gasteiger partial charge in [-0.2, -0.15) is 0 Å². The van der Waals surface area contributed by atoms with Gasteiger partial charge in [0.25, 0.3) is 0 Å². The number of rotatable bonds is 5. The zero-order valence-corrected chi connectivity index (χ0v) is 19.1. The van der Waals surface area contributed by atoms with Crippen molar-refractivity contribution in [1.82, 2.24) is 4.98 Å². The molecule has 0 saturated carbocycles. The summed E-state index contributed by atoms with van der Waals surface area (Å²) in [6.07, 6.45) is 1.13. The van der Waals surface area contributed by atoms with Crippen molar-refractivity contribution in [3.8, 4) is 5.88 Å². The number of carbonyl (C=O) groups excluding carboxylic acids is 3. The molecule has 3 aromatic rings. The van der Waals surface area contributed by atoms with Crippen molar-refractivity contribution in [3.63, 3.8) is 0 Å². The lowest BCUT2D eigenvalue weighted by Gasteiger charge is -2.29. The van der Waals surface area contributed by atoms with Gasteiger partial charge in [0.1, 0.15) is 5.82 Å². The van der Waals surface area contributed by atoms with E-state index >= 15 is 0 Å². The summed E-state index contributed by atoms with van der Waals surface area (Å²) in [4.78, 5) is 51.1. The Morgan fingerprint density at radius 1 is 1.14 bits per heavy atom. The summed E-state index contributed by atoms with van der Waals surface area (Å²) in [6, 6.07) is 11.1. The van der Waals surface area contributed by atoms with Crippen LogP contribution in [0.3, 0.4) is 0 Å². The molecular formula is C24H19ClFN3O6. The number of pyridine rings is 1. The molecule has 0 atom stereocenters. The Bertz CT molecular complexity index is 1330. The maximum Gasteiger partial charge on any atom is 0.335 e. The smallest absolute Gasteiger partial charge is 0.335 e. The third-order valence-electron chi connectivity index (χ3n) is 5.00. The van der Waals surface area contributed by atoms with E-state index in [9.17, 15) is 23.6 Å². The molecule has 1 aromatic heterocycles. The average Bonchev–Trinajstić information content (AvgIpc) is 2.84. The van der Waals surface area contributed by atoms with Gasteiger partial charge in [0.2, 0.25) is 17.7 Å². The molecule has 1 aliphatic heterocycles. The van der Waals surface area contributed by atoms with Gasteiger partial charge in [-0.05, 0) is 42.0 Å². The first-order chi connectivity index (χ1) is 16.6. The van der Waals surface area contributed by atoms with Crippen molar-refractivity contribution in [2.45, 2.75) is 13.0 Å². The summed E-state index contributed by atoms with van der Waals surface area (Å²) in [5.41, 5.74) is 6.50. The van der Waals surface area contributed by atoms with Gasteiger partial charge in [-0.1, -0.05) is 17.7 Å². The summed E-state index contributed by atoms with van der Waals surface area (Å²) in [5, 5.41) is 8.98. The number of halogens is 2. The normalized spacial score (nSPS) is 12.4. The highest BCUT2D eigenvalue weighted by molar-refractivity contribution is 6.30. The van der Waals surface area contributed by atoms with Crippen LogP contribution in [0.4, 0.5) is 10.1 Å². The summed E-state index contributed by atoms with van der Waals surface area (Å²) < 4.78 is 18.0. The molecule has 0 unspecified atom stereocenters. The Morgan fingerprint density at radius 3 is 2.51 bits per heavy atom. The highest BCUT2D eigenvalue weighted by Gasteiger charge is 2.30. The fourth-order valence-electron chi connectivity index (χ4n) is 3.26. The van der Waals surface area contributed by atoms with E-state index in [1.807, 2.05) is 0 Å². The van der Waals surface area contributed by atoms with E-state index in [0.717, 1.165) is 0 Å². The van der Waals surface area contributed by atoms with E-state index in [1.165, 1.54) is 66.7 Å². The standard InChI is InChI=1S/C17H11ClFNO4.C7H8N2O2/c18-12-5-9(1-3-13(12)19)8-20-14-4-2-10(17(23)24)6-11(14)15(21)7-16(20)22;1-11-6-4-5(7(8)10)2-3-9-6/h1-6H,7-8H2,(H,23,24);2-4H,1H3,(H2,8,10). The highest BCUT2D eigenvalue weighted by Crippen LogP contribution is 2.31. The van der Waals surface area contributed by atoms with Crippen LogP contribution in [0, 0.1) is 5.82 Å². The number of anilines is 1. The largest absolute Gasteiger partial charge is 0.481 e. The third-order valence-corrected chi connectivity index (χ3v) is 5.29. The van der Waals surface area contributed by atoms with Crippen molar-refractivity contribution < 1.29 is 33.4 Å². The number of ether oxygens (including phenoxy) is 1. The van der Waals surface area contributed by atoms with Crippen LogP contribution in [0.2, 0.25) is 5.02 Å². The molecule has 2 aromatic carbocycles. The van der Waals surface area contributed by atoms with Gasteiger partial charge in [0.05, 0.1) is 36.3 Å². The van der Waals surface area contributed by atoms with Crippen molar-refractivity contribution in [1.29, 1.82) is 0 Å². The Labute approximate surface area is 203 Å². The highest BCUT2D eigenvalue weighted by atomic mass is 35.5. The van der Waals surface area contributed by atoms with Gasteiger partial charge in [-0.3, -0.25) is 14.4 Å². The van der Waals surface area contributed by atoms with Crippen LogP contribution in [-0.4, -0.2) is 40.8 Å².